The molecule has 9 heteroatoms. The largest absolute Gasteiger partial charge is 0.361 e. The van der Waals surface area contributed by atoms with E-state index in [1.54, 1.807) is 9.36 Å². The molecule has 3 aromatic heterocycles. The number of benzene rings is 1. The molecule has 0 radical (unpaired) electrons. The van der Waals surface area contributed by atoms with Gasteiger partial charge in [0.05, 0.1) is 23.3 Å². The van der Waals surface area contributed by atoms with Gasteiger partial charge < -0.3 is 5.32 Å². The van der Waals surface area contributed by atoms with Gasteiger partial charge in [-0.25, -0.2) is 19.3 Å². The van der Waals surface area contributed by atoms with Gasteiger partial charge in [0.25, 0.3) is 0 Å². The van der Waals surface area contributed by atoms with E-state index in [2.05, 4.69) is 46.6 Å². The summed E-state index contributed by atoms with van der Waals surface area (Å²) in [6, 6.07) is 9.79. The fourth-order valence-electron chi connectivity index (χ4n) is 2.61. The van der Waals surface area contributed by atoms with Gasteiger partial charge in [0.2, 0.25) is 0 Å². The Morgan fingerprint density at radius 1 is 1.16 bits per heavy atom. The summed E-state index contributed by atoms with van der Waals surface area (Å²) in [4.78, 5) is 8.62. The summed E-state index contributed by atoms with van der Waals surface area (Å²) in [5, 5.41) is 17.0. The number of aromatic nitrogens is 7. The van der Waals surface area contributed by atoms with Crippen LogP contribution in [0.2, 0.25) is 0 Å². The van der Waals surface area contributed by atoms with E-state index in [0.717, 1.165) is 22.4 Å². The Morgan fingerprint density at radius 3 is 2.76 bits per heavy atom. The summed E-state index contributed by atoms with van der Waals surface area (Å²) >= 11 is 3.47. The Balaban J connectivity index is 1.63. The second kappa shape index (κ2) is 6.25. The van der Waals surface area contributed by atoms with Crippen LogP contribution in [-0.4, -0.2) is 34.7 Å². The molecule has 1 N–H and O–H groups in total. The topological polar surface area (TPSA) is 86.3 Å². The third-order valence-corrected chi connectivity index (χ3v) is 4.46. The van der Waals surface area contributed by atoms with Crippen LogP contribution in [0.15, 0.2) is 47.5 Å². The minimum Gasteiger partial charge on any atom is -0.361 e. The highest BCUT2D eigenvalue weighted by molar-refractivity contribution is 9.10. The third kappa shape index (κ3) is 2.86. The number of para-hydroxylation sites is 1. The Labute approximate surface area is 152 Å². The minimum atomic E-state index is -0.0809. The van der Waals surface area contributed by atoms with Crippen molar-refractivity contribution in [2.75, 3.05) is 5.32 Å². The molecule has 0 fully saturated rings. The quantitative estimate of drug-likeness (QED) is 0.568. The molecule has 3 heterocycles. The van der Waals surface area contributed by atoms with Crippen molar-refractivity contribution in [2.45, 2.75) is 13.0 Å². The molecule has 4 aromatic rings. The zero-order valence-electron chi connectivity index (χ0n) is 13.6. The van der Waals surface area contributed by atoms with Gasteiger partial charge in [0, 0.05) is 7.05 Å². The molecule has 0 amide bonds. The number of anilines is 1. The van der Waals surface area contributed by atoms with Crippen LogP contribution in [-0.2, 0) is 7.05 Å². The van der Waals surface area contributed by atoms with Crippen LogP contribution < -0.4 is 5.32 Å². The molecule has 25 heavy (non-hydrogen) atoms. The maximum absolute atomic E-state index is 4.35. The Bertz CT molecular complexity index is 1020. The van der Waals surface area contributed by atoms with Gasteiger partial charge in [0.15, 0.2) is 5.65 Å². The summed E-state index contributed by atoms with van der Waals surface area (Å²) < 4.78 is 4.17. The number of rotatable bonds is 4. The highest BCUT2D eigenvalue weighted by Gasteiger charge is 2.17. The Hall–Kier alpha value is -2.81. The zero-order chi connectivity index (χ0) is 17.4. The molecule has 8 nitrogen and oxygen atoms in total. The molecular weight excluding hydrogens is 384 g/mol. The summed E-state index contributed by atoms with van der Waals surface area (Å²) in [6.45, 7) is 2.01. The number of nitrogens with zero attached hydrogens (tertiary/aromatic N) is 7. The fraction of sp³-hybridized carbons (Fsp3) is 0.188. The number of hydrogen-bond acceptors (Lipinski definition) is 6. The van der Waals surface area contributed by atoms with Crippen molar-refractivity contribution in [3.8, 4) is 5.69 Å². The molecular formula is C16H15BrN8. The molecule has 0 saturated heterocycles. The molecule has 1 aromatic carbocycles. The summed E-state index contributed by atoms with van der Waals surface area (Å²) in [6.07, 6.45) is 3.43. The fourth-order valence-corrected chi connectivity index (χ4v) is 3.21. The van der Waals surface area contributed by atoms with Crippen molar-refractivity contribution in [1.29, 1.82) is 0 Å². The van der Waals surface area contributed by atoms with E-state index in [-0.39, 0.29) is 6.04 Å². The number of fused-ring (bicyclic) bond motifs is 1. The van der Waals surface area contributed by atoms with Crippen molar-refractivity contribution in [2.24, 2.45) is 7.05 Å². The molecule has 4 rings (SSSR count). The lowest BCUT2D eigenvalue weighted by molar-refractivity contribution is 0.776. The first-order valence-electron chi connectivity index (χ1n) is 7.71. The van der Waals surface area contributed by atoms with Crippen LogP contribution in [0.3, 0.4) is 0 Å². The van der Waals surface area contributed by atoms with Crippen molar-refractivity contribution in [3.05, 3.63) is 53.2 Å². The first-order valence-corrected chi connectivity index (χ1v) is 8.50. The second-order valence-electron chi connectivity index (χ2n) is 5.62. The second-order valence-corrected chi connectivity index (χ2v) is 6.38. The maximum Gasteiger partial charge on any atom is 0.164 e. The lowest BCUT2D eigenvalue weighted by Crippen LogP contribution is -2.09. The maximum atomic E-state index is 4.35. The highest BCUT2D eigenvalue weighted by Crippen LogP contribution is 2.29. The molecule has 0 aliphatic rings. The van der Waals surface area contributed by atoms with Gasteiger partial charge in [0.1, 0.15) is 22.4 Å². The molecule has 0 aliphatic heterocycles. The third-order valence-electron chi connectivity index (χ3n) is 3.91. The number of aryl methyl sites for hydroxylation is 1. The number of hydrogen-bond donors (Lipinski definition) is 1. The van der Waals surface area contributed by atoms with E-state index in [1.807, 2.05) is 50.5 Å². The van der Waals surface area contributed by atoms with E-state index in [4.69, 9.17) is 0 Å². The van der Waals surface area contributed by atoms with Crippen LogP contribution in [0.1, 0.15) is 18.7 Å². The molecule has 0 aliphatic carbocycles. The summed E-state index contributed by atoms with van der Waals surface area (Å²) in [5.74, 6) is 0.701. The molecule has 0 spiro atoms. The van der Waals surface area contributed by atoms with Crippen molar-refractivity contribution >= 4 is 32.8 Å². The summed E-state index contributed by atoms with van der Waals surface area (Å²) in [5.41, 5.74) is 2.54. The average molecular weight is 399 g/mol. The van der Waals surface area contributed by atoms with Crippen molar-refractivity contribution in [1.82, 2.24) is 34.7 Å². The van der Waals surface area contributed by atoms with Crippen LogP contribution >= 0.6 is 15.9 Å². The van der Waals surface area contributed by atoms with Gasteiger partial charge >= 0.3 is 0 Å². The van der Waals surface area contributed by atoms with Gasteiger partial charge in [-0.05, 0) is 35.0 Å². The SMILES string of the molecule is CC(Nc1ncnc2c1c(Br)nn2C)c1cn(-c2ccccc2)nn1. The van der Waals surface area contributed by atoms with Crippen LogP contribution in [0.25, 0.3) is 16.7 Å². The molecule has 1 unspecified atom stereocenters. The highest BCUT2D eigenvalue weighted by atomic mass is 79.9. The first kappa shape index (κ1) is 15.7. The van der Waals surface area contributed by atoms with Crippen LogP contribution in [0.5, 0.6) is 0 Å². The lowest BCUT2D eigenvalue weighted by atomic mass is 10.2. The predicted octanol–water partition coefficient (Wildman–Crippen LogP) is 2.88. The van der Waals surface area contributed by atoms with Crippen LogP contribution in [0, 0.1) is 0 Å². The Kier molecular flexibility index (Phi) is 3.92. The van der Waals surface area contributed by atoms with Gasteiger partial charge in [-0.1, -0.05) is 23.4 Å². The van der Waals surface area contributed by atoms with E-state index in [1.165, 1.54) is 6.33 Å². The molecule has 0 bridgehead atoms. The average Bonchev–Trinajstić information content (AvgIpc) is 3.22. The minimum absolute atomic E-state index is 0.0809. The predicted molar refractivity (Wildman–Crippen MR) is 97.4 cm³/mol. The number of nitrogens with one attached hydrogen (secondary N) is 1. The smallest absolute Gasteiger partial charge is 0.164 e. The van der Waals surface area contributed by atoms with Crippen molar-refractivity contribution < 1.29 is 0 Å². The molecule has 1 atom stereocenters. The Morgan fingerprint density at radius 2 is 1.96 bits per heavy atom. The van der Waals surface area contributed by atoms with E-state index in [0.29, 0.717) is 10.4 Å². The summed E-state index contributed by atoms with van der Waals surface area (Å²) in [7, 11) is 1.85. The van der Waals surface area contributed by atoms with Crippen molar-refractivity contribution in [3.63, 3.8) is 0 Å². The molecule has 0 saturated carbocycles. The van der Waals surface area contributed by atoms with Crippen LogP contribution in [0.4, 0.5) is 5.82 Å². The number of halogens is 1. The normalized spacial score (nSPS) is 12.4. The van der Waals surface area contributed by atoms with Gasteiger partial charge in [-0.2, -0.15) is 5.10 Å². The van der Waals surface area contributed by atoms with E-state index in [9.17, 15) is 0 Å². The lowest BCUT2D eigenvalue weighted by Gasteiger charge is -2.12. The monoisotopic (exact) mass is 398 g/mol. The van der Waals surface area contributed by atoms with E-state index < -0.39 is 0 Å². The van der Waals surface area contributed by atoms with E-state index >= 15 is 0 Å². The van der Waals surface area contributed by atoms with Gasteiger partial charge in [-0.3, -0.25) is 0 Å². The zero-order valence-corrected chi connectivity index (χ0v) is 15.2. The molecule has 126 valence electrons. The van der Waals surface area contributed by atoms with Gasteiger partial charge in [-0.15, -0.1) is 5.10 Å². The first-order chi connectivity index (χ1) is 12.1. The standard InChI is InChI=1S/C16H15BrN8/c1-10(12-8-25(23-21-12)11-6-4-3-5-7-11)20-15-13-14(17)22-24(2)16(13)19-9-18-15/h3-10H,1-2H3,(H,18,19,20).